The maximum atomic E-state index is 12.0. The highest BCUT2D eigenvalue weighted by Crippen LogP contribution is 2.30. The Bertz CT molecular complexity index is 747. The number of hydrogen-bond donors (Lipinski definition) is 1. The standard InChI is InChI=1S/C22H29NO3/c1-16-10-11-17(2)20(14-16)26-15-21(24)23-12-13-25-19-9-7-6-8-18(19)22(3,4)5/h6-11,14H,12-13,15H2,1-5H3,(H,23,24). The van der Waals surface area contributed by atoms with E-state index in [9.17, 15) is 4.79 Å². The molecular weight excluding hydrogens is 326 g/mol. The molecule has 140 valence electrons. The van der Waals surface area contributed by atoms with E-state index in [0.717, 1.165) is 28.2 Å². The number of ether oxygens (including phenoxy) is 2. The van der Waals surface area contributed by atoms with E-state index in [0.29, 0.717) is 13.2 Å². The quantitative estimate of drug-likeness (QED) is 0.758. The van der Waals surface area contributed by atoms with E-state index < -0.39 is 0 Å². The van der Waals surface area contributed by atoms with Gasteiger partial charge in [-0.15, -0.1) is 0 Å². The molecule has 0 heterocycles. The Morgan fingerprint density at radius 2 is 1.73 bits per heavy atom. The molecule has 0 aliphatic heterocycles. The van der Waals surface area contributed by atoms with Gasteiger partial charge in [0, 0.05) is 0 Å². The highest BCUT2D eigenvalue weighted by Gasteiger charge is 2.18. The molecule has 2 aromatic carbocycles. The van der Waals surface area contributed by atoms with Crippen LogP contribution >= 0.6 is 0 Å². The van der Waals surface area contributed by atoms with Crippen molar-refractivity contribution in [3.8, 4) is 11.5 Å². The van der Waals surface area contributed by atoms with Gasteiger partial charge in [-0.05, 0) is 48.1 Å². The molecule has 2 aromatic rings. The Balaban J connectivity index is 1.77. The van der Waals surface area contributed by atoms with Gasteiger partial charge in [0.1, 0.15) is 18.1 Å². The average Bonchev–Trinajstić information content (AvgIpc) is 2.59. The van der Waals surface area contributed by atoms with Gasteiger partial charge in [-0.25, -0.2) is 0 Å². The topological polar surface area (TPSA) is 47.6 Å². The molecule has 0 bridgehead atoms. The van der Waals surface area contributed by atoms with Crippen molar-refractivity contribution in [1.82, 2.24) is 5.32 Å². The minimum atomic E-state index is -0.154. The van der Waals surface area contributed by atoms with Gasteiger partial charge >= 0.3 is 0 Å². The smallest absolute Gasteiger partial charge is 0.258 e. The van der Waals surface area contributed by atoms with Crippen LogP contribution in [0.5, 0.6) is 11.5 Å². The molecule has 0 saturated carbocycles. The van der Waals surface area contributed by atoms with Crippen molar-refractivity contribution in [2.75, 3.05) is 19.8 Å². The van der Waals surface area contributed by atoms with Crippen LogP contribution in [0.3, 0.4) is 0 Å². The lowest BCUT2D eigenvalue weighted by molar-refractivity contribution is -0.123. The zero-order chi connectivity index (χ0) is 19.2. The highest BCUT2D eigenvalue weighted by atomic mass is 16.5. The van der Waals surface area contributed by atoms with E-state index in [1.165, 1.54) is 0 Å². The third-order valence-electron chi connectivity index (χ3n) is 4.08. The van der Waals surface area contributed by atoms with E-state index >= 15 is 0 Å². The van der Waals surface area contributed by atoms with E-state index in [1.54, 1.807) is 0 Å². The van der Waals surface area contributed by atoms with Crippen molar-refractivity contribution in [3.63, 3.8) is 0 Å². The molecule has 0 saturated heterocycles. The van der Waals surface area contributed by atoms with Crippen LogP contribution in [-0.2, 0) is 10.2 Å². The number of aryl methyl sites for hydroxylation is 2. The first kappa shape index (κ1) is 19.8. The van der Waals surface area contributed by atoms with Crippen LogP contribution in [0.2, 0.25) is 0 Å². The molecule has 4 heteroatoms. The number of carbonyl (C=O) groups excluding carboxylic acids is 1. The Labute approximate surface area is 156 Å². The lowest BCUT2D eigenvalue weighted by Gasteiger charge is -2.22. The number of para-hydroxylation sites is 1. The third kappa shape index (κ3) is 5.80. The molecule has 0 fully saturated rings. The average molecular weight is 355 g/mol. The van der Waals surface area contributed by atoms with Crippen molar-refractivity contribution in [2.45, 2.75) is 40.0 Å². The van der Waals surface area contributed by atoms with Crippen molar-refractivity contribution < 1.29 is 14.3 Å². The lowest BCUT2D eigenvalue weighted by Crippen LogP contribution is -2.32. The molecule has 0 aliphatic carbocycles. The third-order valence-corrected chi connectivity index (χ3v) is 4.08. The second-order valence-electron chi connectivity index (χ2n) is 7.50. The minimum absolute atomic E-state index is 0.00285. The Morgan fingerprint density at radius 1 is 1.00 bits per heavy atom. The summed E-state index contributed by atoms with van der Waals surface area (Å²) in [6, 6.07) is 14.0. The highest BCUT2D eigenvalue weighted by molar-refractivity contribution is 5.77. The van der Waals surface area contributed by atoms with Gasteiger partial charge in [0.2, 0.25) is 0 Å². The molecular formula is C22H29NO3. The molecule has 0 atom stereocenters. The maximum absolute atomic E-state index is 12.0. The van der Waals surface area contributed by atoms with Crippen LogP contribution in [0.1, 0.15) is 37.5 Å². The maximum Gasteiger partial charge on any atom is 0.258 e. The SMILES string of the molecule is Cc1ccc(C)c(OCC(=O)NCCOc2ccccc2C(C)(C)C)c1. The Hall–Kier alpha value is -2.49. The summed E-state index contributed by atoms with van der Waals surface area (Å²) in [5.41, 5.74) is 3.30. The fraction of sp³-hybridized carbons (Fsp3) is 0.409. The summed E-state index contributed by atoms with van der Waals surface area (Å²) < 4.78 is 11.5. The first-order valence-corrected chi connectivity index (χ1v) is 8.96. The molecule has 0 unspecified atom stereocenters. The molecule has 4 nitrogen and oxygen atoms in total. The van der Waals surface area contributed by atoms with Crippen LogP contribution in [0, 0.1) is 13.8 Å². The molecule has 1 amide bonds. The predicted molar refractivity (Wildman–Crippen MR) is 105 cm³/mol. The van der Waals surface area contributed by atoms with Gasteiger partial charge in [0.25, 0.3) is 5.91 Å². The van der Waals surface area contributed by atoms with Gasteiger partial charge < -0.3 is 14.8 Å². The van der Waals surface area contributed by atoms with E-state index in [1.807, 2.05) is 50.2 Å². The molecule has 0 aliphatic rings. The second kappa shape index (κ2) is 8.75. The fourth-order valence-electron chi connectivity index (χ4n) is 2.62. The van der Waals surface area contributed by atoms with Crippen molar-refractivity contribution in [1.29, 1.82) is 0 Å². The van der Waals surface area contributed by atoms with Crippen LogP contribution in [0.4, 0.5) is 0 Å². The van der Waals surface area contributed by atoms with E-state index in [4.69, 9.17) is 9.47 Å². The lowest BCUT2D eigenvalue weighted by atomic mass is 9.86. The van der Waals surface area contributed by atoms with Crippen LogP contribution < -0.4 is 14.8 Å². The number of benzene rings is 2. The van der Waals surface area contributed by atoms with Gasteiger partial charge in [-0.3, -0.25) is 4.79 Å². The zero-order valence-corrected chi connectivity index (χ0v) is 16.4. The molecule has 2 rings (SSSR count). The predicted octanol–water partition coefficient (Wildman–Crippen LogP) is 4.17. The molecule has 0 aromatic heterocycles. The number of nitrogens with one attached hydrogen (secondary N) is 1. The summed E-state index contributed by atoms with van der Waals surface area (Å²) in [5, 5.41) is 2.83. The zero-order valence-electron chi connectivity index (χ0n) is 16.4. The molecule has 1 N–H and O–H groups in total. The van der Waals surface area contributed by atoms with Crippen molar-refractivity contribution in [2.24, 2.45) is 0 Å². The second-order valence-corrected chi connectivity index (χ2v) is 7.50. The largest absolute Gasteiger partial charge is 0.491 e. The van der Waals surface area contributed by atoms with Crippen LogP contribution in [-0.4, -0.2) is 25.7 Å². The number of carbonyl (C=O) groups is 1. The van der Waals surface area contributed by atoms with Gasteiger partial charge in [0.05, 0.1) is 6.54 Å². The molecule has 26 heavy (non-hydrogen) atoms. The Morgan fingerprint density at radius 3 is 2.46 bits per heavy atom. The van der Waals surface area contributed by atoms with Crippen molar-refractivity contribution in [3.05, 3.63) is 59.2 Å². The van der Waals surface area contributed by atoms with Crippen LogP contribution in [0.25, 0.3) is 0 Å². The van der Waals surface area contributed by atoms with Gasteiger partial charge in [0.15, 0.2) is 6.61 Å². The summed E-state index contributed by atoms with van der Waals surface area (Å²) in [7, 11) is 0. The minimum Gasteiger partial charge on any atom is -0.491 e. The molecule has 0 spiro atoms. The molecule has 0 radical (unpaired) electrons. The summed E-state index contributed by atoms with van der Waals surface area (Å²) in [5.74, 6) is 1.45. The van der Waals surface area contributed by atoms with E-state index in [-0.39, 0.29) is 17.9 Å². The first-order chi connectivity index (χ1) is 12.3. The summed E-state index contributed by atoms with van der Waals surface area (Å²) in [6.45, 7) is 11.3. The fourth-order valence-corrected chi connectivity index (χ4v) is 2.62. The van der Waals surface area contributed by atoms with E-state index in [2.05, 4.69) is 32.2 Å². The summed E-state index contributed by atoms with van der Waals surface area (Å²) in [6.07, 6.45) is 0. The Kier molecular flexibility index (Phi) is 6.67. The number of hydrogen-bond acceptors (Lipinski definition) is 3. The van der Waals surface area contributed by atoms with Crippen molar-refractivity contribution >= 4 is 5.91 Å². The first-order valence-electron chi connectivity index (χ1n) is 8.96. The van der Waals surface area contributed by atoms with Gasteiger partial charge in [-0.1, -0.05) is 51.1 Å². The normalized spacial score (nSPS) is 11.1. The number of rotatable bonds is 7. The number of amides is 1. The van der Waals surface area contributed by atoms with Crippen LogP contribution in [0.15, 0.2) is 42.5 Å². The monoisotopic (exact) mass is 355 g/mol. The van der Waals surface area contributed by atoms with Gasteiger partial charge in [-0.2, -0.15) is 0 Å². The summed E-state index contributed by atoms with van der Waals surface area (Å²) in [4.78, 5) is 12.0. The summed E-state index contributed by atoms with van der Waals surface area (Å²) >= 11 is 0.